The van der Waals surface area contributed by atoms with Gasteiger partial charge in [0.15, 0.2) is 15.6 Å². The highest BCUT2D eigenvalue weighted by Crippen LogP contribution is 2.23. The summed E-state index contributed by atoms with van der Waals surface area (Å²) in [5.74, 6) is -1.45. The van der Waals surface area contributed by atoms with Crippen molar-refractivity contribution in [1.82, 2.24) is 5.32 Å². The van der Waals surface area contributed by atoms with E-state index in [2.05, 4.69) is 5.32 Å². The molecule has 0 aromatic heterocycles. The highest BCUT2D eigenvalue weighted by atomic mass is 32.2. The molecule has 33 heavy (non-hydrogen) atoms. The lowest BCUT2D eigenvalue weighted by atomic mass is 9.92. The Morgan fingerprint density at radius 1 is 0.788 bits per heavy atom. The molecule has 0 saturated heterocycles. The van der Waals surface area contributed by atoms with Crippen molar-refractivity contribution in [2.24, 2.45) is 5.92 Å². The van der Waals surface area contributed by atoms with Crippen molar-refractivity contribution in [1.29, 1.82) is 0 Å². The minimum Gasteiger partial charge on any atom is -0.355 e. The summed E-state index contributed by atoms with van der Waals surface area (Å²) in [7, 11) is -2.11. The quantitative estimate of drug-likeness (QED) is 0.472. The molecule has 6 heteroatoms. The maximum atomic E-state index is 13.4. The second kappa shape index (κ2) is 10.6. The number of amides is 1. The Bertz CT molecular complexity index is 1210. The predicted molar refractivity (Wildman–Crippen MR) is 130 cm³/mol. The van der Waals surface area contributed by atoms with E-state index in [0.29, 0.717) is 24.0 Å². The van der Waals surface area contributed by atoms with Crippen molar-refractivity contribution in [3.8, 4) is 0 Å². The van der Waals surface area contributed by atoms with Gasteiger partial charge in [-0.2, -0.15) is 0 Å². The number of nitrogens with one attached hydrogen (secondary N) is 1. The number of sulfone groups is 1. The molecule has 1 atom stereocenters. The third-order valence-electron chi connectivity index (χ3n) is 5.73. The molecule has 1 amide bonds. The summed E-state index contributed by atoms with van der Waals surface area (Å²) in [5, 5.41) is 2.55. The Morgan fingerprint density at radius 3 is 1.85 bits per heavy atom. The largest absolute Gasteiger partial charge is 0.355 e. The number of Topliss-reactive ketones (excluding diaryl/α,β-unsaturated/α-hetero) is 1. The van der Waals surface area contributed by atoms with E-state index in [9.17, 15) is 18.0 Å². The highest BCUT2D eigenvalue weighted by Gasteiger charge is 2.27. The number of ketones is 1. The van der Waals surface area contributed by atoms with Gasteiger partial charge in [-0.15, -0.1) is 0 Å². The van der Waals surface area contributed by atoms with Gasteiger partial charge in [-0.3, -0.25) is 9.59 Å². The second-order valence-electron chi connectivity index (χ2n) is 8.34. The van der Waals surface area contributed by atoms with Gasteiger partial charge in [0.05, 0.1) is 10.6 Å². The molecule has 0 bridgehead atoms. The van der Waals surface area contributed by atoms with Crippen LogP contribution in [0.15, 0.2) is 77.7 Å². The molecule has 0 fully saturated rings. The van der Waals surface area contributed by atoms with Crippen molar-refractivity contribution in [2.45, 2.75) is 31.6 Å². The minimum absolute atomic E-state index is 0.219. The van der Waals surface area contributed by atoms with Crippen LogP contribution in [0.2, 0.25) is 0 Å². The van der Waals surface area contributed by atoms with Crippen LogP contribution < -0.4 is 5.32 Å². The molecule has 0 aliphatic heterocycles. The summed E-state index contributed by atoms with van der Waals surface area (Å²) in [6.07, 6.45) is 1.00. The van der Waals surface area contributed by atoms with Crippen molar-refractivity contribution in [3.05, 3.63) is 101 Å². The van der Waals surface area contributed by atoms with E-state index in [1.807, 2.05) is 38.1 Å². The molecule has 3 aromatic carbocycles. The second-order valence-corrected chi connectivity index (χ2v) is 10.4. The first kappa shape index (κ1) is 24.4. The zero-order chi connectivity index (χ0) is 24.0. The SMILES string of the molecule is CNC(=O)c1ccc(C(=O)C(CCc2ccc(C)cc2)CS(=O)(=O)c2ccc(C)cc2)cc1. The Morgan fingerprint density at radius 2 is 1.30 bits per heavy atom. The van der Waals surface area contributed by atoms with E-state index < -0.39 is 15.8 Å². The molecule has 5 nitrogen and oxygen atoms in total. The molecule has 0 spiro atoms. The summed E-state index contributed by atoms with van der Waals surface area (Å²) in [4.78, 5) is 25.4. The van der Waals surface area contributed by atoms with Crippen LogP contribution in [0, 0.1) is 19.8 Å². The molecule has 3 rings (SSSR count). The Hall–Kier alpha value is -3.25. The van der Waals surface area contributed by atoms with Crippen LogP contribution in [0.25, 0.3) is 0 Å². The lowest BCUT2D eigenvalue weighted by Crippen LogP contribution is -2.25. The molecule has 0 aliphatic carbocycles. The molecule has 0 aliphatic rings. The summed E-state index contributed by atoms with van der Waals surface area (Å²) in [6, 6.07) is 21.0. The molecule has 1 N–H and O–H groups in total. The monoisotopic (exact) mass is 463 g/mol. The number of carbonyl (C=O) groups is 2. The number of hydrogen-bond acceptors (Lipinski definition) is 4. The highest BCUT2D eigenvalue weighted by molar-refractivity contribution is 7.91. The first-order valence-electron chi connectivity index (χ1n) is 10.9. The van der Waals surface area contributed by atoms with Crippen LogP contribution >= 0.6 is 0 Å². The zero-order valence-electron chi connectivity index (χ0n) is 19.2. The molecular formula is C27H29NO4S. The van der Waals surface area contributed by atoms with Gasteiger partial charge < -0.3 is 5.32 Å². The lowest BCUT2D eigenvalue weighted by molar-refractivity contribution is 0.0922. The fourth-order valence-corrected chi connectivity index (χ4v) is 5.25. The van der Waals surface area contributed by atoms with Crippen molar-refractivity contribution in [3.63, 3.8) is 0 Å². The van der Waals surface area contributed by atoms with Crippen molar-refractivity contribution >= 4 is 21.5 Å². The van der Waals surface area contributed by atoms with Crippen LogP contribution in [-0.4, -0.2) is 32.9 Å². The molecule has 1 unspecified atom stereocenters. The fraction of sp³-hybridized carbons (Fsp3) is 0.259. The summed E-state index contributed by atoms with van der Waals surface area (Å²) >= 11 is 0. The van der Waals surface area contributed by atoms with Gasteiger partial charge in [-0.25, -0.2) is 8.42 Å². The van der Waals surface area contributed by atoms with Crippen LogP contribution in [0.3, 0.4) is 0 Å². The van der Waals surface area contributed by atoms with E-state index in [1.165, 1.54) is 0 Å². The van der Waals surface area contributed by atoms with Gasteiger partial charge in [0.2, 0.25) is 0 Å². The maximum Gasteiger partial charge on any atom is 0.251 e. The Kier molecular flexibility index (Phi) is 7.82. The smallest absolute Gasteiger partial charge is 0.251 e. The normalized spacial score (nSPS) is 12.2. The van der Waals surface area contributed by atoms with E-state index >= 15 is 0 Å². The molecule has 172 valence electrons. The summed E-state index contributed by atoms with van der Waals surface area (Å²) < 4.78 is 26.2. The Labute approximate surface area is 195 Å². The average Bonchev–Trinajstić information content (AvgIpc) is 2.82. The fourth-order valence-electron chi connectivity index (χ4n) is 3.66. The van der Waals surface area contributed by atoms with Gasteiger partial charge >= 0.3 is 0 Å². The first-order valence-corrected chi connectivity index (χ1v) is 12.6. The van der Waals surface area contributed by atoms with Crippen molar-refractivity contribution in [2.75, 3.05) is 12.8 Å². The van der Waals surface area contributed by atoms with Crippen molar-refractivity contribution < 1.29 is 18.0 Å². The van der Waals surface area contributed by atoms with E-state index in [4.69, 9.17) is 0 Å². The number of rotatable bonds is 9. The van der Waals surface area contributed by atoms with Gasteiger partial charge in [0.25, 0.3) is 5.91 Å². The predicted octanol–water partition coefficient (Wildman–Crippen LogP) is 4.57. The van der Waals surface area contributed by atoms with Gasteiger partial charge in [-0.05, 0) is 56.5 Å². The average molecular weight is 464 g/mol. The van der Waals surface area contributed by atoms with Gasteiger partial charge in [0.1, 0.15) is 0 Å². The standard InChI is InChI=1S/C27H29NO4S/c1-19-4-8-21(9-5-19)10-11-24(18-33(31,32)25-16-6-20(2)7-17-25)26(29)22-12-14-23(15-13-22)27(30)28-3/h4-9,12-17,24H,10-11,18H2,1-3H3,(H,28,30). The van der Waals surface area contributed by atoms with Gasteiger partial charge in [0, 0.05) is 24.1 Å². The summed E-state index contributed by atoms with van der Waals surface area (Å²) in [5.41, 5.74) is 4.01. The van der Waals surface area contributed by atoms with Gasteiger partial charge in [-0.1, -0.05) is 59.7 Å². The van der Waals surface area contributed by atoms with E-state index in [0.717, 1.165) is 16.7 Å². The third kappa shape index (κ3) is 6.39. The molecular weight excluding hydrogens is 434 g/mol. The molecule has 0 radical (unpaired) electrons. The summed E-state index contributed by atoms with van der Waals surface area (Å²) in [6.45, 7) is 3.90. The molecule has 0 heterocycles. The maximum absolute atomic E-state index is 13.4. The number of hydrogen-bond donors (Lipinski definition) is 1. The Balaban J connectivity index is 1.86. The third-order valence-corrected chi connectivity index (χ3v) is 7.56. The topological polar surface area (TPSA) is 80.3 Å². The zero-order valence-corrected chi connectivity index (χ0v) is 20.0. The number of benzene rings is 3. The van der Waals surface area contributed by atoms with Crippen LogP contribution in [0.5, 0.6) is 0 Å². The van der Waals surface area contributed by atoms with Crippen LogP contribution in [0.4, 0.5) is 0 Å². The first-order chi connectivity index (χ1) is 15.7. The van der Waals surface area contributed by atoms with E-state index in [1.54, 1.807) is 55.6 Å². The molecule has 3 aromatic rings. The minimum atomic E-state index is -3.65. The number of carbonyl (C=O) groups excluding carboxylic acids is 2. The number of aryl methyl sites for hydroxylation is 3. The van der Waals surface area contributed by atoms with Crippen LogP contribution in [0.1, 0.15) is 43.8 Å². The molecule has 0 saturated carbocycles. The van der Waals surface area contributed by atoms with Crippen LogP contribution in [-0.2, 0) is 16.3 Å². The van der Waals surface area contributed by atoms with E-state index in [-0.39, 0.29) is 22.3 Å². The lowest BCUT2D eigenvalue weighted by Gasteiger charge is -2.17.